The Bertz CT molecular complexity index is 1070. The predicted octanol–water partition coefficient (Wildman–Crippen LogP) is 4.06. The van der Waals surface area contributed by atoms with Crippen LogP contribution in [0.15, 0.2) is 89.8 Å². The van der Waals surface area contributed by atoms with Crippen molar-refractivity contribution in [2.24, 2.45) is 0 Å². The van der Waals surface area contributed by atoms with E-state index < -0.39 is 10.1 Å². The van der Waals surface area contributed by atoms with Gasteiger partial charge in [0, 0.05) is 11.6 Å². The Labute approximate surface area is 157 Å². The van der Waals surface area contributed by atoms with Crippen LogP contribution in [0.4, 0.5) is 0 Å². The lowest BCUT2D eigenvalue weighted by Crippen LogP contribution is -2.09. The van der Waals surface area contributed by atoms with Crippen molar-refractivity contribution in [2.75, 3.05) is 0 Å². The first-order valence-corrected chi connectivity index (χ1v) is 9.46. The minimum atomic E-state index is -4.04. The standard InChI is InChI=1S/C21H16O5S/c22-18-7-4-8-20(15-18)27(24,25)26-19-12-9-16(10-13-19)11-14-21(23)17-5-2-1-3-6-17/h1-15,22H/b14-11+. The highest BCUT2D eigenvalue weighted by Gasteiger charge is 2.17. The molecule has 5 nitrogen and oxygen atoms in total. The highest BCUT2D eigenvalue weighted by atomic mass is 32.2. The fraction of sp³-hybridized carbons (Fsp3) is 0. The fourth-order valence-electron chi connectivity index (χ4n) is 2.32. The van der Waals surface area contributed by atoms with Crippen molar-refractivity contribution in [3.63, 3.8) is 0 Å². The molecule has 3 rings (SSSR count). The molecule has 0 aliphatic rings. The van der Waals surface area contributed by atoms with E-state index in [9.17, 15) is 18.3 Å². The number of carbonyl (C=O) groups excluding carboxylic acids is 1. The average Bonchev–Trinajstić information content (AvgIpc) is 2.67. The van der Waals surface area contributed by atoms with Gasteiger partial charge in [0.2, 0.25) is 0 Å². The minimum absolute atomic E-state index is 0.123. The molecule has 0 fully saturated rings. The zero-order valence-electron chi connectivity index (χ0n) is 14.1. The summed E-state index contributed by atoms with van der Waals surface area (Å²) in [5, 5.41) is 9.41. The maximum atomic E-state index is 12.2. The number of rotatable bonds is 6. The summed E-state index contributed by atoms with van der Waals surface area (Å²) in [6.07, 6.45) is 3.09. The van der Waals surface area contributed by atoms with E-state index in [1.807, 2.05) is 6.07 Å². The molecular weight excluding hydrogens is 364 g/mol. The second-order valence-electron chi connectivity index (χ2n) is 5.67. The van der Waals surface area contributed by atoms with Gasteiger partial charge in [-0.2, -0.15) is 8.42 Å². The third-order valence-corrected chi connectivity index (χ3v) is 4.92. The number of phenolic OH excluding ortho intramolecular Hbond substituents is 1. The first kappa shape index (κ1) is 18.4. The van der Waals surface area contributed by atoms with E-state index in [2.05, 4.69) is 0 Å². The van der Waals surface area contributed by atoms with Gasteiger partial charge in [0.05, 0.1) is 0 Å². The van der Waals surface area contributed by atoms with Gasteiger partial charge in [0.25, 0.3) is 0 Å². The molecule has 0 saturated carbocycles. The molecule has 3 aromatic rings. The van der Waals surface area contributed by atoms with Gasteiger partial charge in [-0.3, -0.25) is 4.79 Å². The normalized spacial score (nSPS) is 11.4. The number of allylic oxidation sites excluding steroid dienone is 1. The van der Waals surface area contributed by atoms with Crippen molar-refractivity contribution < 1.29 is 22.5 Å². The molecule has 0 aliphatic carbocycles. The summed E-state index contributed by atoms with van der Waals surface area (Å²) in [4.78, 5) is 11.9. The van der Waals surface area contributed by atoms with E-state index in [-0.39, 0.29) is 22.2 Å². The Balaban J connectivity index is 1.70. The molecule has 6 heteroatoms. The van der Waals surface area contributed by atoms with Crippen LogP contribution in [-0.2, 0) is 10.1 Å². The maximum Gasteiger partial charge on any atom is 0.339 e. The third kappa shape index (κ3) is 4.83. The van der Waals surface area contributed by atoms with Gasteiger partial charge in [-0.25, -0.2) is 0 Å². The summed E-state index contributed by atoms with van der Waals surface area (Å²) in [5.74, 6) is -0.157. The van der Waals surface area contributed by atoms with Crippen molar-refractivity contribution in [1.82, 2.24) is 0 Å². The summed E-state index contributed by atoms with van der Waals surface area (Å²) in [7, 11) is -4.04. The van der Waals surface area contributed by atoms with Gasteiger partial charge < -0.3 is 9.29 Å². The average molecular weight is 380 g/mol. The Morgan fingerprint density at radius 2 is 1.59 bits per heavy atom. The molecule has 0 aliphatic heterocycles. The van der Waals surface area contributed by atoms with E-state index in [1.54, 1.807) is 42.5 Å². The summed E-state index contributed by atoms with van der Waals surface area (Å²) in [6.45, 7) is 0. The molecule has 136 valence electrons. The molecule has 0 atom stereocenters. The number of ketones is 1. The van der Waals surface area contributed by atoms with Gasteiger partial charge in [-0.05, 0) is 35.9 Å². The van der Waals surface area contributed by atoms with Crippen LogP contribution in [-0.4, -0.2) is 19.3 Å². The summed E-state index contributed by atoms with van der Waals surface area (Å²) in [5.41, 5.74) is 1.31. The molecule has 0 bridgehead atoms. The fourth-order valence-corrected chi connectivity index (χ4v) is 3.29. The summed E-state index contributed by atoms with van der Waals surface area (Å²) < 4.78 is 29.5. The smallest absolute Gasteiger partial charge is 0.339 e. The van der Waals surface area contributed by atoms with Crippen LogP contribution < -0.4 is 4.18 Å². The topological polar surface area (TPSA) is 80.7 Å². The Morgan fingerprint density at radius 1 is 0.889 bits per heavy atom. The Kier molecular flexibility index (Phi) is 5.38. The van der Waals surface area contributed by atoms with Gasteiger partial charge >= 0.3 is 10.1 Å². The van der Waals surface area contributed by atoms with Gasteiger partial charge in [-0.15, -0.1) is 0 Å². The van der Waals surface area contributed by atoms with E-state index in [4.69, 9.17) is 4.18 Å². The predicted molar refractivity (Wildman–Crippen MR) is 102 cm³/mol. The number of hydrogen-bond acceptors (Lipinski definition) is 5. The number of aromatic hydroxyl groups is 1. The quantitative estimate of drug-likeness (QED) is 0.396. The Hall–Kier alpha value is -3.38. The monoisotopic (exact) mass is 380 g/mol. The SMILES string of the molecule is O=C(/C=C/c1ccc(OS(=O)(=O)c2cccc(O)c2)cc1)c1ccccc1. The van der Waals surface area contributed by atoms with E-state index >= 15 is 0 Å². The highest BCUT2D eigenvalue weighted by Crippen LogP contribution is 2.22. The van der Waals surface area contributed by atoms with Crippen LogP contribution in [0.1, 0.15) is 15.9 Å². The van der Waals surface area contributed by atoms with Crippen molar-refractivity contribution in [3.8, 4) is 11.5 Å². The van der Waals surface area contributed by atoms with E-state index in [1.165, 1.54) is 36.4 Å². The molecule has 1 N–H and O–H groups in total. The highest BCUT2D eigenvalue weighted by molar-refractivity contribution is 7.87. The van der Waals surface area contributed by atoms with Crippen molar-refractivity contribution in [3.05, 3.63) is 96.1 Å². The van der Waals surface area contributed by atoms with E-state index in [0.717, 1.165) is 11.6 Å². The van der Waals surface area contributed by atoms with Gasteiger partial charge in [-0.1, -0.05) is 54.6 Å². The zero-order chi connectivity index (χ0) is 19.3. The Morgan fingerprint density at radius 3 is 2.26 bits per heavy atom. The summed E-state index contributed by atoms with van der Waals surface area (Å²) >= 11 is 0. The van der Waals surface area contributed by atoms with Gasteiger partial charge in [0.15, 0.2) is 5.78 Å². The molecule has 0 aromatic heterocycles. The largest absolute Gasteiger partial charge is 0.508 e. The molecular formula is C21H16O5S. The summed E-state index contributed by atoms with van der Waals surface area (Å²) in [6, 6.07) is 20.4. The molecule has 0 unspecified atom stereocenters. The molecule has 27 heavy (non-hydrogen) atoms. The molecule has 0 amide bonds. The number of benzene rings is 3. The lowest BCUT2D eigenvalue weighted by atomic mass is 10.1. The van der Waals surface area contributed by atoms with Crippen LogP contribution in [0.3, 0.4) is 0 Å². The van der Waals surface area contributed by atoms with Crippen LogP contribution in [0.25, 0.3) is 6.08 Å². The zero-order valence-corrected chi connectivity index (χ0v) is 15.0. The van der Waals surface area contributed by atoms with Crippen molar-refractivity contribution in [1.29, 1.82) is 0 Å². The second kappa shape index (κ2) is 7.88. The number of phenols is 1. The molecule has 3 aromatic carbocycles. The van der Waals surface area contributed by atoms with Crippen molar-refractivity contribution >= 4 is 22.0 Å². The maximum absolute atomic E-state index is 12.2. The molecule has 0 spiro atoms. The molecule has 0 saturated heterocycles. The van der Waals surface area contributed by atoms with Crippen LogP contribution >= 0.6 is 0 Å². The van der Waals surface area contributed by atoms with Crippen LogP contribution in [0, 0.1) is 0 Å². The van der Waals surface area contributed by atoms with Crippen LogP contribution in [0.2, 0.25) is 0 Å². The first-order valence-electron chi connectivity index (χ1n) is 8.05. The second-order valence-corrected chi connectivity index (χ2v) is 7.21. The lowest BCUT2D eigenvalue weighted by Gasteiger charge is -2.07. The van der Waals surface area contributed by atoms with Gasteiger partial charge in [0.1, 0.15) is 16.4 Å². The molecule has 0 heterocycles. The number of hydrogen-bond donors (Lipinski definition) is 1. The molecule has 0 radical (unpaired) electrons. The third-order valence-electron chi connectivity index (χ3n) is 3.68. The van der Waals surface area contributed by atoms with Crippen molar-refractivity contribution in [2.45, 2.75) is 4.90 Å². The van der Waals surface area contributed by atoms with Crippen LogP contribution in [0.5, 0.6) is 11.5 Å². The number of carbonyl (C=O) groups is 1. The first-order chi connectivity index (χ1) is 12.9. The van der Waals surface area contributed by atoms with E-state index in [0.29, 0.717) is 5.56 Å². The lowest BCUT2D eigenvalue weighted by molar-refractivity contribution is 0.104. The minimum Gasteiger partial charge on any atom is -0.508 e.